The van der Waals surface area contributed by atoms with Gasteiger partial charge in [0.05, 0.1) is 23.9 Å². The monoisotopic (exact) mass is 337 g/mol. The molecule has 128 valence electrons. The van der Waals surface area contributed by atoms with Crippen molar-refractivity contribution in [3.05, 3.63) is 65.7 Å². The van der Waals surface area contributed by atoms with Crippen molar-refractivity contribution in [2.45, 2.75) is 31.5 Å². The molecule has 0 amide bonds. The van der Waals surface area contributed by atoms with Crippen molar-refractivity contribution in [2.24, 2.45) is 0 Å². The Morgan fingerprint density at radius 3 is 2.68 bits per heavy atom. The van der Waals surface area contributed by atoms with Gasteiger partial charge in [-0.15, -0.1) is 0 Å². The minimum Gasteiger partial charge on any atom is -0.462 e. The van der Waals surface area contributed by atoms with Crippen LogP contribution in [-0.2, 0) is 14.3 Å². The summed E-state index contributed by atoms with van der Waals surface area (Å²) in [6, 6.07) is 17.2. The second kappa shape index (κ2) is 5.92. The minimum absolute atomic E-state index is 0.0557. The van der Waals surface area contributed by atoms with Gasteiger partial charge in [-0.3, -0.25) is 0 Å². The average Bonchev–Trinajstić information content (AvgIpc) is 3.04. The van der Waals surface area contributed by atoms with Gasteiger partial charge in [-0.25, -0.2) is 9.59 Å². The van der Waals surface area contributed by atoms with E-state index in [1.165, 1.54) is 0 Å². The summed E-state index contributed by atoms with van der Waals surface area (Å²) in [5.74, 6) is -0.982. The highest BCUT2D eigenvalue weighted by molar-refractivity contribution is 6.02. The second-order valence-electron chi connectivity index (χ2n) is 6.25. The SMILES string of the molecule is CCOC(=O)[C@@]12CC[C@@H](c3ccccc3)N1c1ccccc1C(=O)O2. The summed E-state index contributed by atoms with van der Waals surface area (Å²) < 4.78 is 11.0. The van der Waals surface area contributed by atoms with E-state index < -0.39 is 17.7 Å². The molecular formula is C20H19NO4. The molecule has 2 atom stereocenters. The summed E-state index contributed by atoms with van der Waals surface area (Å²) in [5, 5.41) is 0. The Labute approximate surface area is 146 Å². The number of carbonyl (C=O) groups is 2. The molecule has 25 heavy (non-hydrogen) atoms. The van der Waals surface area contributed by atoms with Gasteiger partial charge in [0.2, 0.25) is 0 Å². The van der Waals surface area contributed by atoms with E-state index in [1.54, 1.807) is 19.1 Å². The predicted octanol–water partition coefficient (Wildman–Crippen LogP) is 3.46. The molecule has 0 radical (unpaired) electrons. The fraction of sp³-hybridized carbons (Fsp3) is 0.300. The van der Waals surface area contributed by atoms with Gasteiger partial charge < -0.3 is 14.4 Å². The van der Waals surface area contributed by atoms with Gasteiger partial charge in [0.1, 0.15) is 0 Å². The van der Waals surface area contributed by atoms with Gasteiger partial charge >= 0.3 is 11.9 Å². The normalized spacial score (nSPS) is 24.3. The lowest BCUT2D eigenvalue weighted by Gasteiger charge is -2.43. The lowest BCUT2D eigenvalue weighted by Crippen LogP contribution is -2.58. The molecule has 1 saturated heterocycles. The minimum atomic E-state index is -1.39. The molecule has 5 nitrogen and oxygen atoms in total. The van der Waals surface area contributed by atoms with Gasteiger partial charge in [-0.2, -0.15) is 0 Å². The molecule has 0 aliphatic carbocycles. The van der Waals surface area contributed by atoms with Crippen LogP contribution in [0.2, 0.25) is 0 Å². The molecule has 0 aromatic heterocycles. The number of esters is 2. The Hall–Kier alpha value is -2.82. The number of nitrogens with zero attached hydrogens (tertiary/aromatic N) is 1. The standard InChI is InChI=1S/C20H19NO4/c1-2-24-19(23)20-13-12-16(14-8-4-3-5-9-14)21(20)17-11-7-6-10-15(17)18(22)25-20/h3-11,16H,2,12-13H2,1H3/t16-,20-/m0/s1. The molecule has 2 aromatic rings. The van der Waals surface area contributed by atoms with Crippen LogP contribution in [0.5, 0.6) is 0 Å². The number of hydrogen-bond acceptors (Lipinski definition) is 5. The third-order valence-corrected chi connectivity index (χ3v) is 4.88. The summed E-state index contributed by atoms with van der Waals surface area (Å²) in [5.41, 5.74) is 0.895. The van der Waals surface area contributed by atoms with Crippen LogP contribution in [0.1, 0.15) is 41.7 Å². The zero-order valence-electron chi connectivity index (χ0n) is 14.0. The van der Waals surface area contributed by atoms with Crippen LogP contribution >= 0.6 is 0 Å². The second-order valence-corrected chi connectivity index (χ2v) is 6.25. The first-order valence-corrected chi connectivity index (χ1v) is 8.51. The number of fused-ring (bicyclic) bond motifs is 3. The van der Waals surface area contributed by atoms with Crippen LogP contribution in [0.25, 0.3) is 0 Å². The van der Waals surface area contributed by atoms with Gasteiger partial charge in [-0.1, -0.05) is 42.5 Å². The van der Waals surface area contributed by atoms with E-state index in [-0.39, 0.29) is 12.6 Å². The average molecular weight is 337 g/mol. The van der Waals surface area contributed by atoms with E-state index in [0.29, 0.717) is 18.4 Å². The van der Waals surface area contributed by atoms with Crippen LogP contribution in [-0.4, -0.2) is 24.3 Å². The summed E-state index contributed by atoms with van der Waals surface area (Å²) in [4.78, 5) is 27.2. The zero-order chi connectivity index (χ0) is 17.4. The molecule has 0 bridgehead atoms. The van der Waals surface area contributed by atoms with E-state index in [9.17, 15) is 9.59 Å². The largest absolute Gasteiger partial charge is 0.462 e. The number of ether oxygens (including phenoxy) is 2. The highest BCUT2D eigenvalue weighted by Crippen LogP contribution is 2.50. The van der Waals surface area contributed by atoms with Crippen LogP contribution in [0, 0.1) is 0 Å². The zero-order valence-corrected chi connectivity index (χ0v) is 14.0. The first-order chi connectivity index (χ1) is 12.2. The number of para-hydroxylation sites is 1. The van der Waals surface area contributed by atoms with Crippen LogP contribution < -0.4 is 4.90 Å². The van der Waals surface area contributed by atoms with Crippen LogP contribution in [0.15, 0.2) is 54.6 Å². The fourth-order valence-electron chi connectivity index (χ4n) is 3.84. The van der Waals surface area contributed by atoms with Crippen molar-refractivity contribution in [2.75, 3.05) is 11.5 Å². The molecule has 5 heteroatoms. The molecule has 0 saturated carbocycles. The fourth-order valence-corrected chi connectivity index (χ4v) is 3.84. The van der Waals surface area contributed by atoms with E-state index in [0.717, 1.165) is 11.3 Å². The Morgan fingerprint density at radius 2 is 1.92 bits per heavy atom. The maximum absolute atomic E-state index is 12.8. The number of anilines is 1. The molecule has 0 spiro atoms. The van der Waals surface area contributed by atoms with Crippen molar-refractivity contribution in [1.29, 1.82) is 0 Å². The topological polar surface area (TPSA) is 55.8 Å². The molecule has 1 fully saturated rings. The summed E-state index contributed by atoms with van der Waals surface area (Å²) in [6.07, 6.45) is 1.11. The van der Waals surface area contributed by atoms with E-state index >= 15 is 0 Å². The van der Waals surface area contributed by atoms with Gasteiger partial charge in [0, 0.05) is 6.42 Å². The summed E-state index contributed by atoms with van der Waals surface area (Å²) >= 11 is 0. The third kappa shape index (κ3) is 2.30. The molecule has 2 aliphatic rings. The molecule has 2 aromatic carbocycles. The highest BCUT2D eigenvalue weighted by atomic mass is 16.6. The maximum Gasteiger partial charge on any atom is 0.372 e. The predicted molar refractivity (Wildman–Crippen MR) is 92.1 cm³/mol. The van der Waals surface area contributed by atoms with Gasteiger partial charge in [-0.05, 0) is 31.0 Å². The lowest BCUT2D eigenvalue weighted by atomic mass is 10.0. The van der Waals surface area contributed by atoms with E-state index in [4.69, 9.17) is 9.47 Å². The van der Waals surface area contributed by atoms with Crippen LogP contribution in [0.3, 0.4) is 0 Å². The maximum atomic E-state index is 12.8. The van der Waals surface area contributed by atoms with Crippen LogP contribution in [0.4, 0.5) is 5.69 Å². The number of carbonyl (C=O) groups excluding carboxylic acids is 2. The van der Waals surface area contributed by atoms with Gasteiger partial charge in [0.25, 0.3) is 5.72 Å². The van der Waals surface area contributed by atoms with Crippen molar-refractivity contribution in [1.82, 2.24) is 0 Å². The van der Waals surface area contributed by atoms with Crippen molar-refractivity contribution >= 4 is 17.6 Å². The quantitative estimate of drug-likeness (QED) is 0.803. The smallest absolute Gasteiger partial charge is 0.372 e. The first-order valence-electron chi connectivity index (χ1n) is 8.51. The van der Waals surface area contributed by atoms with Crippen molar-refractivity contribution in [3.8, 4) is 0 Å². The Kier molecular flexibility index (Phi) is 3.71. The molecular weight excluding hydrogens is 318 g/mol. The van der Waals surface area contributed by atoms with Gasteiger partial charge in [0.15, 0.2) is 0 Å². The Balaban J connectivity index is 1.88. The summed E-state index contributed by atoms with van der Waals surface area (Å²) in [7, 11) is 0. The molecule has 0 N–H and O–H groups in total. The van der Waals surface area contributed by atoms with Crippen molar-refractivity contribution in [3.63, 3.8) is 0 Å². The van der Waals surface area contributed by atoms with E-state index in [1.807, 2.05) is 47.4 Å². The molecule has 4 rings (SSSR count). The lowest BCUT2D eigenvalue weighted by molar-refractivity contribution is -0.165. The number of benzene rings is 2. The van der Waals surface area contributed by atoms with Crippen molar-refractivity contribution < 1.29 is 19.1 Å². The van der Waals surface area contributed by atoms with E-state index in [2.05, 4.69) is 0 Å². The Bertz CT molecular complexity index is 819. The summed E-state index contributed by atoms with van der Waals surface area (Å²) in [6.45, 7) is 1.99. The molecule has 2 heterocycles. The number of rotatable bonds is 3. The first kappa shape index (κ1) is 15.7. The highest BCUT2D eigenvalue weighted by Gasteiger charge is 2.59. The third-order valence-electron chi connectivity index (χ3n) is 4.88. The number of hydrogen-bond donors (Lipinski definition) is 0. The molecule has 2 aliphatic heterocycles. The molecule has 0 unspecified atom stereocenters. The Morgan fingerprint density at radius 1 is 1.20 bits per heavy atom.